The molecular formula is C18H16N2O2S2. The van der Waals surface area contributed by atoms with Crippen LogP contribution in [0.3, 0.4) is 0 Å². The van der Waals surface area contributed by atoms with E-state index in [0.29, 0.717) is 22.8 Å². The smallest absolute Gasteiger partial charge is 0.268 e. The minimum Gasteiger partial charge on any atom is -0.350 e. The monoisotopic (exact) mass is 356 g/mol. The molecule has 122 valence electrons. The molecule has 0 aliphatic rings. The summed E-state index contributed by atoms with van der Waals surface area (Å²) in [6.45, 7) is 0.806. The molecule has 0 aliphatic carbocycles. The van der Waals surface area contributed by atoms with E-state index in [1.807, 2.05) is 59.3 Å². The van der Waals surface area contributed by atoms with Crippen molar-refractivity contribution in [3.05, 3.63) is 75.1 Å². The van der Waals surface area contributed by atoms with Crippen molar-refractivity contribution in [2.75, 3.05) is 18.0 Å². The van der Waals surface area contributed by atoms with Crippen LogP contribution in [0.2, 0.25) is 0 Å². The highest BCUT2D eigenvalue weighted by atomic mass is 32.1. The Hall–Kier alpha value is -2.44. The lowest BCUT2D eigenvalue weighted by molar-refractivity contribution is 0.0947. The fourth-order valence-corrected chi connectivity index (χ4v) is 3.58. The quantitative estimate of drug-likeness (QED) is 0.728. The molecule has 0 saturated heterocycles. The molecule has 4 nitrogen and oxygen atoms in total. The first kappa shape index (κ1) is 16.4. The van der Waals surface area contributed by atoms with Gasteiger partial charge in [0.1, 0.15) is 0 Å². The Balaban J connectivity index is 1.69. The Morgan fingerprint density at radius 3 is 2.17 bits per heavy atom. The molecule has 0 radical (unpaired) electrons. The normalized spacial score (nSPS) is 10.3. The number of nitrogens with zero attached hydrogens (tertiary/aromatic N) is 1. The molecule has 0 aliphatic heterocycles. The van der Waals surface area contributed by atoms with Gasteiger partial charge < -0.3 is 10.2 Å². The van der Waals surface area contributed by atoms with E-state index in [4.69, 9.17) is 0 Å². The van der Waals surface area contributed by atoms with E-state index < -0.39 is 0 Å². The first-order chi connectivity index (χ1) is 11.8. The molecule has 0 saturated carbocycles. The summed E-state index contributed by atoms with van der Waals surface area (Å²) < 4.78 is 0. The Morgan fingerprint density at radius 2 is 1.54 bits per heavy atom. The van der Waals surface area contributed by atoms with Gasteiger partial charge in [0.25, 0.3) is 11.8 Å². The standard InChI is InChI=1S/C18H16N2O2S2/c21-17(15-8-4-12-23-15)19-10-11-20(14-6-2-1-3-7-14)18(22)16-9-5-13-24-16/h1-9,12-13H,10-11H2,(H,19,21). The van der Waals surface area contributed by atoms with Crippen LogP contribution in [0.4, 0.5) is 5.69 Å². The zero-order valence-corrected chi connectivity index (χ0v) is 14.5. The number of anilines is 1. The summed E-state index contributed by atoms with van der Waals surface area (Å²) in [6.07, 6.45) is 0. The van der Waals surface area contributed by atoms with Crippen LogP contribution in [0.25, 0.3) is 0 Å². The van der Waals surface area contributed by atoms with Gasteiger partial charge in [0, 0.05) is 18.8 Å². The second-order valence-corrected chi connectivity index (χ2v) is 6.90. The number of carbonyl (C=O) groups is 2. The van der Waals surface area contributed by atoms with Crippen molar-refractivity contribution < 1.29 is 9.59 Å². The number of hydrogen-bond donors (Lipinski definition) is 1. The summed E-state index contributed by atoms with van der Waals surface area (Å²) >= 11 is 2.81. The minimum absolute atomic E-state index is 0.0541. The molecule has 0 atom stereocenters. The molecule has 3 aromatic rings. The van der Waals surface area contributed by atoms with Gasteiger partial charge in [-0.15, -0.1) is 22.7 Å². The number of carbonyl (C=O) groups excluding carboxylic acids is 2. The van der Waals surface area contributed by atoms with Gasteiger partial charge in [0.05, 0.1) is 9.75 Å². The molecule has 0 bridgehead atoms. The van der Waals surface area contributed by atoms with Gasteiger partial charge in [0.2, 0.25) is 0 Å². The van der Waals surface area contributed by atoms with Crippen LogP contribution in [0, 0.1) is 0 Å². The zero-order valence-electron chi connectivity index (χ0n) is 12.8. The fraction of sp³-hybridized carbons (Fsp3) is 0.111. The van der Waals surface area contributed by atoms with Crippen molar-refractivity contribution in [3.8, 4) is 0 Å². The third-order valence-corrected chi connectivity index (χ3v) is 5.14. The lowest BCUT2D eigenvalue weighted by Crippen LogP contribution is -2.38. The number of nitrogens with one attached hydrogen (secondary N) is 1. The molecule has 2 heterocycles. The van der Waals surface area contributed by atoms with Crippen LogP contribution in [-0.2, 0) is 0 Å². The van der Waals surface area contributed by atoms with Crippen LogP contribution >= 0.6 is 22.7 Å². The Labute approximate surface area is 148 Å². The minimum atomic E-state index is -0.110. The van der Waals surface area contributed by atoms with Crippen LogP contribution < -0.4 is 10.2 Å². The van der Waals surface area contributed by atoms with Crippen LogP contribution in [-0.4, -0.2) is 24.9 Å². The van der Waals surface area contributed by atoms with Crippen LogP contribution in [0.15, 0.2) is 65.4 Å². The van der Waals surface area contributed by atoms with Gasteiger partial charge in [-0.1, -0.05) is 30.3 Å². The molecular weight excluding hydrogens is 340 g/mol. The number of benzene rings is 1. The van der Waals surface area contributed by atoms with Crippen molar-refractivity contribution >= 4 is 40.2 Å². The fourth-order valence-electron chi connectivity index (χ4n) is 2.27. The van der Waals surface area contributed by atoms with Gasteiger partial charge >= 0.3 is 0 Å². The third kappa shape index (κ3) is 3.90. The Kier molecular flexibility index (Phi) is 5.40. The highest BCUT2D eigenvalue weighted by Gasteiger charge is 2.18. The topological polar surface area (TPSA) is 49.4 Å². The summed E-state index contributed by atoms with van der Waals surface area (Å²) in [5.41, 5.74) is 0.821. The Bertz CT molecular complexity index is 784. The zero-order chi connectivity index (χ0) is 16.8. The molecule has 6 heteroatoms. The largest absolute Gasteiger partial charge is 0.350 e. The van der Waals surface area contributed by atoms with Crippen molar-refractivity contribution in [1.29, 1.82) is 0 Å². The SMILES string of the molecule is O=C(NCCN(C(=O)c1cccs1)c1ccccc1)c1cccs1. The van der Waals surface area contributed by atoms with E-state index in [1.165, 1.54) is 22.7 Å². The highest BCUT2D eigenvalue weighted by molar-refractivity contribution is 7.12. The van der Waals surface area contributed by atoms with Crippen LogP contribution in [0.5, 0.6) is 0 Å². The van der Waals surface area contributed by atoms with Crippen molar-refractivity contribution in [2.24, 2.45) is 0 Å². The van der Waals surface area contributed by atoms with E-state index in [0.717, 1.165) is 5.69 Å². The van der Waals surface area contributed by atoms with E-state index >= 15 is 0 Å². The lowest BCUT2D eigenvalue weighted by atomic mass is 10.2. The lowest BCUT2D eigenvalue weighted by Gasteiger charge is -2.22. The summed E-state index contributed by atoms with van der Waals surface area (Å²) in [5, 5.41) is 6.62. The molecule has 1 N–H and O–H groups in total. The first-order valence-corrected chi connectivity index (χ1v) is 9.24. The van der Waals surface area contributed by atoms with Gasteiger partial charge in [0.15, 0.2) is 0 Å². The molecule has 1 aromatic carbocycles. The summed E-state index contributed by atoms with van der Waals surface area (Å²) in [5.74, 6) is -0.164. The average molecular weight is 356 g/mol. The average Bonchev–Trinajstić information content (AvgIpc) is 3.32. The van der Waals surface area contributed by atoms with Crippen molar-refractivity contribution in [3.63, 3.8) is 0 Å². The van der Waals surface area contributed by atoms with E-state index in [2.05, 4.69) is 5.32 Å². The second-order valence-electron chi connectivity index (χ2n) is 5.00. The maximum atomic E-state index is 12.7. The number of hydrogen-bond acceptors (Lipinski definition) is 4. The number of para-hydroxylation sites is 1. The summed E-state index contributed by atoms with van der Waals surface area (Å²) in [6, 6.07) is 16.8. The van der Waals surface area contributed by atoms with E-state index in [9.17, 15) is 9.59 Å². The predicted molar refractivity (Wildman–Crippen MR) is 99.1 cm³/mol. The maximum absolute atomic E-state index is 12.7. The van der Waals surface area contributed by atoms with Gasteiger partial charge in [-0.25, -0.2) is 0 Å². The summed E-state index contributed by atoms with van der Waals surface area (Å²) in [7, 11) is 0. The predicted octanol–water partition coefficient (Wildman–Crippen LogP) is 3.89. The van der Waals surface area contributed by atoms with Gasteiger partial charge in [-0.05, 0) is 35.0 Å². The van der Waals surface area contributed by atoms with E-state index in [-0.39, 0.29) is 11.8 Å². The molecule has 24 heavy (non-hydrogen) atoms. The molecule has 2 amide bonds. The second kappa shape index (κ2) is 7.90. The number of amides is 2. The molecule has 2 aromatic heterocycles. The van der Waals surface area contributed by atoms with Crippen molar-refractivity contribution in [2.45, 2.75) is 0 Å². The number of thiophene rings is 2. The third-order valence-electron chi connectivity index (χ3n) is 3.41. The van der Waals surface area contributed by atoms with Crippen LogP contribution in [0.1, 0.15) is 19.3 Å². The number of rotatable bonds is 6. The summed E-state index contributed by atoms with van der Waals surface area (Å²) in [4.78, 5) is 27.8. The van der Waals surface area contributed by atoms with Gasteiger partial charge in [-0.3, -0.25) is 9.59 Å². The van der Waals surface area contributed by atoms with E-state index in [1.54, 1.807) is 11.0 Å². The maximum Gasteiger partial charge on any atom is 0.268 e. The molecule has 0 spiro atoms. The molecule has 3 rings (SSSR count). The molecule has 0 fully saturated rings. The van der Waals surface area contributed by atoms with Gasteiger partial charge in [-0.2, -0.15) is 0 Å². The first-order valence-electron chi connectivity index (χ1n) is 7.48. The molecule has 0 unspecified atom stereocenters. The van der Waals surface area contributed by atoms with Crippen molar-refractivity contribution in [1.82, 2.24) is 5.32 Å². The highest BCUT2D eigenvalue weighted by Crippen LogP contribution is 2.19. The Morgan fingerprint density at radius 1 is 0.875 bits per heavy atom.